The monoisotopic (exact) mass is 400 g/mol. The zero-order chi connectivity index (χ0) is 20.3. The summed E-state index contributed by atoms with van der Waals surface area (Å²) in [5.74, 6) is 0.489. The highest BCUT2D eigenvalue weighted by molar-refractivity contribution is 6.31. The van der Waals surface area contributed by atoms with Crippen LogP contribution >= 0.6 is 11.6 Å². The van der Waals surface area contributed by atoms with Crippen LogP contribution in [0.15, 0.2) is 36.4 Å². The smallest absolute Gasteiger partial charge is 0.262 e. The molecule has 0 unspecified atom stereocenters. The Labute approximate surface area is 170 Å². The van der Waals surface area contributed by atoms with E-state index in [1.807, 2.05) is 19.1 Å². The van der Waals surface area contributed by atoms with Gasteiger partial charge in [0.15, 0.2) is 6.61 Å². The van der Waals surface area contributed by atoms with Crippen LogP contribution < -0.4 is 15.4 Å². The van der Waals surface area contributed by atoms with E-state index in [4.69, 9.17) is 16.3 Å². The third kappa shape index (κ3) is 5.26. The number of rotatable bonds is 7. The van der Waals surface area contributed by atoms with Gasteiger partial charge >= 0.3 is 0 Å². The summed E-state index contributed by atoms with van der Waals surface area (Å²) in [5, 5.41) is 6.41. The van der Waals surface area contributed by atoms with Gasteiger partial charge in [0.05, 0.1) is 0 Å². The second kappa shape index (κ2) is 8.65. The predicted octanol–water partition coefficient (Wildman–Crippen LogP) is 4.68. The number of nitrogens with one attached hydrogen (secondary N) is 2. The Morgan fingerprint density at radius 1 is 1.21 bits per heavy atom. The number of benzene rings is 2. The molecule has 28 heavy (non-hydrogen) atoms. The molecule has 1 aliphatic carbocycles. The number of ether oxygens (including phenoxy) is 1. The number of carbonyl (C=O) groups excluding carboxylic acids is 2. The van der Waals surface area contributed by atoms with Crippen LogP contribution in [-0.4, -0.2) is 24.5 Å². The lowest BCUT2D eigenvalue weighted by atomic mass is 10.0. The fourth-order valence-corrected chi connectivity index (χ4v) is 3.28. The highest BCUT2D eigenvalue weighted by Crippen LogP contribution is 2.31. The fraction of sp³-hybridized carbons (Fsp3) is 0.364. The zero-order valence-corrected chi connectivity index (χ0v) is 17.1. The van der Waals surface area contributed by atoms with E-state index in [1.165, 1.54) is 0 Å². The molecule has 2 N–H and O–H groups in total. The average Bonchev–Trinajstić information content (AvgIpc) is 3.45. The first-order chi connectivity index (χ1) is 13.3. The Balaban J connectivity index is 1.60. The number of halogens is 1. The van der Waals surface area contributed by atoms with Gasteiger partial charge in [-0.25, -0.2) is 0 Å². The molecular weight excluding hydrogens is 376 g/mol. The van der Waals surface area contributed by atoms with Crippen LogP contribution in [0.4, 0.5) is 5.69 Å². The first kappa shape index (κ1) is 20.2. The maximum atomic E-state index is 12.3. The van der Waals surface area contributed by atoms with Crippen molar-refractivity contribution in [2.45, 2.75) is 45.6 Å². The van der Waals surface area contributed by atoms with E-state index in [2.05, 4.69) is 24.5 Å². The summed E-state index contributed by atoms with van der Waals surface area (Å²) in [6.07, 6.45) is 2.06. The Hall–Kier alpha value is -2.53. The van der Waals surface area contributed by atoms with E-state index in [-0.39, 0.29) is 30.4 Å². The topological polar surface area (TPSA) is 67.4 Å². The lowest BCUT2D eigenvalue weighted by molar-refractivity contribution is -0.118. The summed E-state index contributed by atoms with van der Waals surface area (Å²) in [5.41, 5.74) is 2.95. The third-order valence-electron chi connectivity index (χ3n) is 4.60. The summed E-state index contributed by atoms with van der Waals surface area (Å²) < 4.78 is 5.71. The van der Waals surface area contributed by atoms with Gasteiger partial charge in [-0.3, -0.25) is 9.59 Å². The Morgan fingerprint density at radius 3 is 2.64 bits per heavy atom. The minimum absolute atomic E-state index is 0.118. The van der Waals surface area contributed by atoms with Crippen molar-refractivity contribution < 1.29 is 14.3 Å². The van der Waals surface area contributed by atoms with E-state index in [0.717, 1.165) is 24.0 Å². The van der Waals surface area contributed by atoms with E-state index in [9.17, 15) is 9.59 Å². The van der Waals surface area contributed by atoms with Crippen molar-refractivity contribution in [2.24, 2.45) is 0 Å². The predicted molar refractivity (Wildman–Crippen MR) is 111 cm³/mol. The first-order valence-electron chi connectivity index (χ1n) is 9.47. The molecule has 0 atom stereocenters. The summed E-state index contributed by atoms with van der Waals surface area (Å²) in [7, 11) is 0. The van der Waals surface area contributed by atoms with Crippen molar-refractivity contribution in [1.82, 2.24) is 5.32 Å². The molecule has 2 aromatic rings. The van der Waals surface area contributed by atoms with Crippen LogP contribution in [0.1, 0.15) is 54.1 Å². The van der Waals surface area contributed by atoms with Gasteiger partial charge in [0.25, 0.3) is 11.8 Å². The van der Waals surface area contributed by atoms with Crippen molar-refractivity contribution in [1.29, 1.82) is 0 Å². The van der Waals surface area contributed by atoms with Gasteiger partial charge in [0.1, 0.15) is 5.75 Å². The van der Waals surface area contributed by atoms with Gasteiger partial charge in [-0.15, -0.1) is 0 Å². The van der Waals surface area contributed by atoms with Crippen molar-refractivity contribution in [3.05, 3.63) is 58.1 Å². The molecule has 6 heteroatoms. The maximum absolute atomic E-state index is 12.3. The SMILES string of the molecule is Cc1cc(Cl)c(C(C)C)cc1OCC(=O)Nc1cccc(C(=O)NC2CC2)c1. The molecular formula is C22H25ClN2O3. The molecule has 0 aliphatic heterocycles. The second-order valence-electron chi connectivity index (χ2n) is 7.46. The van der Waals surface area contributed by atoms with Crippen LogP contribution in [0, 0.1) is 6.92 Å². The molecule has 1 fully saturated rings. The van der Waals surface area contributed by atoms with Crippen molar-refractivity contribution in [3.8, 4) is 5.75 Å². The molecule has 1 saturated carbocycles. The Morgan fingerprint density at radius 2 is 1.96 bits per heavy atom. The number of amides is 2. The van der Waals surface area contributed by atoms with Crippen molar-refractivity contribution in [2.75, 3.05) is 11.9 Å². The van der Waals surface area contributed by atoms with Crippen LogP contribution in [0.25, 0.3) is 0 Å². The molecule has 148 valence electrons. The van der Waals surface area contributed by atoms with Crippen LogP contribution in [0.3, 0.4) is 0 Å². The number of anilines is 1. The summed E-state index contributed by atoms with van der Waals surface area (Å²) in [6.45, 7) is 5.88. The minimum Gasteiger partial charge on any atom is -0.483 e. The fourth-order valence-electron chi connectivity index (χ4n) is 2.84. The quantitative estimate of drug-likeness (QED) is 0.708. The van der Waals surface area contributed by atoms with E-state index >= 15 is 0 Å². The number of aryl methyl sites for hydroxylation is 1. The van der Waals surface area contributed by atoms with E-state index < -0.39 is 0 Å². The normalized spacial score (nSPS) is 13.3. The van der Waals surface area contributed by atoms with Crippen LogP contribution in [0.2, 0.25) is 5.02 Å². The lowest BCUT2D eigenvalue weighted by Gasteiger charge is -2.15. The van der Waals surface area contributed by atoms with Crippen molar-refractivity contribution >= 4 is 29.1 Å². The maximum Gasteiger partial charge on any atom is 0.262 e. The van der Waals surface area contributed by atoms with Crippen LogP contribution in [0.5, 0.6) is 5.75 Å². The highest BCUT2D eigenvalue weighted by atomic mass is 35.5. The molecule has 0 heterocycles. The molecule has 5 nitrogen and oxygen atoms in total. The van der Waals surface area contributed by atoms with E-state index in [1.54, 1.807) is 24.3 Å². The largest absolute Gasteiger partial charge is 0.483 e. The molecule has 0 saturated heterocycles. The highest BCUT2D eigenvalue weighted by Gasteiger charge is 2.23. The molecule has 3 rings (SSSR count). The van der Waals surface area contributed by atoms with Crippen LogP contribution in [-0.2, 0) is 4.79 Å². The van der Waals surface area contributed by atoms with Gasteiger partial charge in [-0.1, -0.05) is 31.5 Å². The molecule has 0 bridgehead atoms. The first-order valence-corrected chi connectivity index (χ1v) is 9.85. The average molecular weight is 401 g/mol. The van der Waals surface area contributed by atoms with Gasteiger partial charge < -0.3 is 15.4 Å². The Kier molecular flexibility index (Phi) is 6.25. The summed E-state index contributed by atoms with van der Waals surface area (Å²) in [4.78, 5) is 24.4. The molecule has 2 aromatic carbocycles. The minimum atomic E-state index is -0.291. The number of hydrogen-bond donors (Lipinski definition) is 2. The van der Waals surface area contributed by atoms with Gasteiger partial charge in [0.2, 0.25) is 0 Å². The van der Waals surface area contributed by atoms with E-state index in [0.29, 0.717) is 22.0 Å². The summed E-state index contributed by atoms with van der Waals surface area (Å²) >= 11 is 6.27. The lowest BCUT2D eigenvalue weighted by Crippen LogP contribution is -2.25. The second-order valence-corrected chi connectivity index (χ2v) is 7.87. The zero-order valence-electron chi connectivity index (χ0n) is 16.3. The molecule has 0 radical (unpaired) electrons. The third-order valence-corrected chi connectivity index (χ3v) is 4.92. The van der Waals surface area contributed by atoms with Gasteiger partial charge in [0, 0.05) is 22.3 Å². The molecule has 1 aliphatic rings. The molecule has 2 amide bonds. The van der Waals surface area contributed by atoms with Crippen molar-refractivity contribution in [3.63, 3.8) is 0 Å². The Bertz CT molecular complexity index is 891. The summed E-state index contributed by atoms with van der Waals surface area (Å²) in [6, 6.07) is 10.9. The van der Waals surface area contributed by atoms with Gasteiger partial charge in [-0.05, 0) is 67.1 Å². The number of hydrogen-bond acceptors (Lipinski definition) is 3. The van der Waals surface area contributed by atoms with Gasteiger partial charge in [-0.2, -0.15) is 0 Å². The standard InChI is InChI=1S/C22H25ClN2O3/c1-13(2)18-11-20(14(3)9-19(18)23)28-12-21(26)24-17-6-4-5-15(10-17)22(27)25-16-7-8-16/h4-6,9-11,13,16H,7-8,12H2,1-3H3,(H,24,26)(H,25,27). The number of carbonyl (C=O) groups is 2. The molecule has 0 aromatic heterocycles. The molecule has 0 spiro atoms.